The molecule has 8 heteroatoms. The van der Waals surface area contributed by atoms with Gasteiger partial charge in [0.05, 0.1) is 5.56 Å². The maximum atomic E-state index is 12.8. The smallest absolute Gasteiger partial charge is 0.340 e. The van der Waals surface area contributed by atoms with Gasteiger partial charge in [0, 0.05) is 31.7 Å². The Morgan fingerprint density at radius 3 is 2.11 bits per heavy atom. The summed E-state index contributed by atoms with van der Waals surface area (Å²) < 4.78 is 38.0. The van der Waals surface area contributed by atoms with Gasteiger partial charge >= 0.3 is 6.18 Å². The number of rotatable bonds is 5. The first-order valence-corrected chi connectivity index (χ1v) is 9.03. The monoisotopic (exact) mass is 385 g/mol. The van der Waals surface area contributed by atoms with Crippen molar-refractivity contribution in [2.24, 2.45) is 5.92 Å². The standard InChI is InChI=1S/C19H26F3N3O2/c1-13(2)12-16(18(27)25-10-8-24(3)9-11-25)23-17(26)14-4-6-15(7-5-14)19(20,21)22/h4-7,13,16H,8-12H2,1-3H3,(H,23,26)/t16-/m1/s1. The Balaban J connectivity index is 2.08. The molecule has 0 saturated carbocycles. The zero-order valence-corrected chi connectivity index (χ0v) is 15.8. The largest absolute Gasteiger partial charge is 0.416 e. The average molecular weight is 385 g/mol. The molecule has 0 bridgehead atoms. The number of carbonyl (C=O) groups excluding carboxylic acids is 2. The molecule has 1 heterocycles. The fourth-order valence-electron chi connectivity index (χ4n) is 2.99. The fraction of sp³-hybridized carbons (Fsp3) is 0.579. The number of nitrogens with zero attached hydrogens (tertiary/aromatic N) is 2. The third kappa shape index (κ3) is 5.95. The molecule has 1 aliphatic heterocycles. The van der Waals surface area contributed by atoms with Crippen LogP contribution >= 0.6 is 0 Å². The molecule has 0 radical (unpaired) electrons. The number of halogens is 3. The van der Waals surface area contributed by atoms with E-state index in [9.17, 15) is 22.8 Å². The SMILES string of the molecule is CC(C)C[C@@H](NC(=O)c1ccc(C(F)(F)F)cc1)C(=O)N1CCN(C)CC1. The van der Waals surface area contributed by atoms with Crippen molar-refractivity contribution in [1.82, 2.24) is 15.1 Å². The van der Waals surface area contributed by atoms with Crippen LogP contribution < -0.4 is 5.32 Å². The van der Waals surface area contributed by atoms with Gasteiger partial charge in [-0.15, -0.1) is 0 Å². The molecule has 1 N–H and O–H groups in total. The van der Waals surface area contributed by atoms with Crippen LogP contribution in [0.3, 0.4) is 0 Å². The normalized spacial score (nSPS) is 17.1. The molecule has 0 spiro atoms. The van der Waals surface area contributed by atoms with E-state index in [-0.39, 0.29) is 17.4 Å². The molecule has 0 unspecified atom stereocenters. The van der Waals surface area contributed by atoms with E-state index in [4.69, 9.17) is 0 Å². The Morgan fingerprint density at radius 2 is 1.63 bits per heavy atom. The van der Waals surface area contributed by atoms with Crippen LogP contribution in [0.5, 0.6) is 0 Å². The maximum Gasteiger partial charge on any atom is 0.416 e. The molecule has 0 aromatic heterocycles. The Hall–Kier alpha value is -2.09. The predicted octanol–water partition coefficient (Wildman–Crippen LogP) is 2.62. The van der Waals surface area contributed by atoms with Crippen molar-refractivity contribution in [2.75, 3.05) is 33.2 Å². The van der Waals surface area contributed by atoms with E-state index in [0.29, 0.717) is 19.5 Å². The molecule has 5 nitrogen and oxygen atoms in total. The van der Waals surface area contributed by atoms with E-state index in [1.165, 1.54) is 0 Å². The van der Waals surface area contributed by atoms with Gasteiger partial charge in [-0.05, 0) is 43.7 Å². The summed E-state index contributed by atoms with van der Waals surface area (Å²) in [6.07, 6.45) is -3.98. The van der Waals surface area contributed by atoms with E-state index in [2.05, 4.69) is 10.2 Å². The number of likely N-dealkylation sites (N-methyl/N-ethyl adjacent to an activating group) is 1. The molecular formula is C19H26F3N3O2. The number of carbonyl (C=O) groups is 2. The van der Waals surface area contributed by atoms with Crippen molar-refractivity contribution < 1.29 is 22.8 Å². The number of hydrogen-bond acceptors (Lipinski definition) is 3. The van der Waals surface area contributed by atoms with Gasteiger partial charge in [0.1, 0.15) is 6.04 Å². The van der Waals surface area contributed by atoms with Crippen LogP contribution in [-0.4, -0.2) is 60.9 Å². The molecule has 2 amide bonds. The van der Waals surface area contributed by atoms with E-state index >= 15 is 0 Å². The minimum Gasteiger partial charge on any atom is -0.340 e. The van der Waals surface area contributed by atoms with Crippen molar-refractivity contribution in [3.8, 4) is 0 Å². The summed E-state index contributed by atoms with van der Waals surface area (Å²) in [5.41, 5.74) is -0.714. The van der Waals surface area contributed by atoms with Crippen molar-refractivity contribution in [3.63, 3.8) is 0 Å². The summed E-state index contributed by atoms with van der Waals surface area (Å²) in [6, 6.07) is 3.31. The first-order valence-electron chi connectivity index (χ1n) is 9.03. The zero-order valence-electron chi connectivity index (χ0n) is 15.8. The first kappa shape index (κ1) is 21.2. The highest BCUT2D eigenvalue weighted by molar-refractivity contribution is 5.97. The lowest BCUT2D eigenvalue weighted by Gasteiger charge is -2.35. The van der Waals surface area contributed by atoms with Crippen LogP contribution in [0.1, 0.15) is 36.2 Å². The third-order valence-corrected chi connectivity index (χ3v) is 4.60. The lowest BCUT2D eigenvalue weighted by molar-refractivity contribution is -0.137. The van der Waals surface area contributed by atoms with E-state index in [1.807, 2.05) is 20.9 Å². The van der Waals surface area contributed by atoms with Crippen molar-refractivity contribution in [3.05, 3.63) is 35.4 Å². The van der Waals surface area contributed by atoms with Crippen molar-refractivity contribution in [1.29, 1.82) is 0 Å². The van der Waals surface area contributed by atoms with Crippen LogP contribution in [-0.2, 0) is 11.0 Å². The fourth-order valence-corrected chi connectivity index (χ4v) is 2.99. The van der Waals surface area contributed by atoms with Gasteiger partial charge in [0.2, 0.25) is 5.91 Å². The molecule has 1 saturated heterocycles. The molecule has 150 valence electrons. The summed E-state index contributed by atoms with van der Waals surface area (Å²) in [7, 11) is 1.99. The molecule has 2 rings (SSSR count). The minimum atomic E-state index is -4.45. The second kappa shape index (κ2) is 8.73. The topological polar surface area (TPSA) is 52.7 Å². The minimum absolute atomic E-state index is 0.0999. The average Bonchev–Trinajstić information content (AvgIpc) is 2.60. The summed E-state index contributed by atoms with van der Waals surface area (Å²) in [5.74, 6) is -0.506. The lowest BCUT2D eigenvalue weighted by Crippen LogP contribution is -2.54. The van der Waals surface area contributed by atoms with Gasteiger partial charge in [-0.3, -0.25) is 9.59 Å². The summed E-state index contributed by atoms with van der Waals surface area (Å²) in [5, 5.41) is 2.71. The highest BCUT2D eigenvalue weighted by Gasteiger charge is 2.31. The van der Waals surface area contributed by atoms with Gasteiger partial charge in [-0.2, -0.15) is 13.2 Å². The molecule has 27 heavy (non-hydrogen) atoms. The summed E-state index contributed by atoms with van der Waals surface area (Å²) in [6.45, 7) is 6.64. The first-order chi connectivity index (χ1) is 12.6. The Kier molecular flexibility index (Phi) is 6.86. The second-order valence-electron chi connectivity index (χ2n) is 7.36. The maximum absolute atomic E-state index is 12.8. The number of benzene rings is 1. The number of piperazine rings is 1. The predicted molar refractivity (Wildman–Crippen MR) is 96.2 cm³/mol. The Bertz CT molecular complexity index is 651. The highest BCUT2D eigenvalue weighted by atomic mass is 19.4. The third-order valence-electron chi connectivity index (χ3n) is 4.60. The van der Waals surface area contributed by atoms with Gasteiger partial charge in [0.15, 0.2) is 0 Å². The molecule has 1 aromatic carbocycles. The van der Waals surface area contributed by atoms with Gasteiger partial charge < -0.3 is 15.1 Å². The zero-order chi connectivity index (χ0) is 20.2. The summed E-state index contributed by atoms with van der Waals surface area (Å²) >= 11 is 0. The quantitative estimate of drug-likeness (QED) is 0.848. The van der Waals surface area contributed by atoms with E-state index < -0.39 is 23.7 Å². The van der Waals surface area contributed by atoms with Gasteiger partial charge in [-0.25, -0.2) is 0 Å². The molecule has 0 aliphatic carbocycles. The number of alkyl halides is 3. The molecule has 1 aliphatic rings. The molecule has 1 aromatic rings. The molecule has 1 fully saturated rings. The second-order valence-corrected chi connectivity index (χ2v) is 7.36. The van der Waals surface area contributed by atoms with E-state index in [1.54, 1.807) is 4.90 Å². The number of nitrogens with one attached hydrogen (secondary N) is 1. The lowest BCUT2D eigenvalue weighted by atomic mass is 10.0. The van der Waals surface area contributed by atoms with Crippen LogP contribution in [0.4, 0.5) is 13.2 Å². The Morgan fingerprint density at radius 1 is 1.07 bits per heavy atom. The van der Waals surface area contributed by atoms with Crippen LogP contribution in [0.2, 0.25) is 0 Å². The van der Waals surface area contributed by atoms with Crippen LogP contribution in [0.15, 0.2) is 24.3 Å². The van der Waals surface area contributed by atoms with Crippen molar-refractivity contribution >= 4 is 11.8 Å². The van der Waals surface area contributed by atoms with Gasteiger partial charge in [-0.1, -0.05) is 13.8 Å². The van der Waals surface area contributed by atoms with Crippen LogP contribution in [0, 0.1) is 5.92 Å². The number of amides is 2. The Labute approximate surface area is 157 Å². The van der Waals surface area contributed by atoms with Gasteiger partial charge in [0.25, 0.3) is 5.91 Å². The summed E-state index contributed by atoms with van der Waals surface area (Å²) in [4.78, 5) is 29.2. The highest BCUT2D eigenvalue weighted by Crippen LogP contribution is 2.29. The van der Waals surface area contributed by atoms with Crippen LogP contribution in [0.25, 0.3) is 0 Å². The van der Waals surface area contributed by atoms with E-state index in [0.717, 1.165) is 37.4 Å². The molecule has 1 atom stereocenters. The van der Waals surface area contributed by atoms with Crippen molar-refractivity contribution in [2.45, 2.75) is 32.5 Å². The number of hydrogen-bond donors (Lipinski definition) is 1. The molecular weight excluding hydrogens is 359 g/mol.